The number of benzene rings is 3. The van der Waals surface area contributed by atoms with Crippen LogP contribution in [0.4, 0.5) is 5.69 Å². The van der Waals surface area contributed by atoms with E-state index in [1.54, 1.807) is 18.2 Å². The lowest BCUT2D eigenvalue weighted by atomic mass is 9.48. The molecular formula is C40H47Cl2N3O4S. The van der Waals surface area contributed by atoms with Crippen LogP contribution >= 0.6 is 23.2 Å². The van der Waals surface area contributed by atoms with Gasteiger partial charge in [-0.25, -0.2) is 8.42 Å². The largest absolute Gasteiger partial charge is 0.352 e. The van der Waals surface area contributed by atoms with E-state index in [2.05, 4.69) is 17.4 Å². The fourth-order valence-electron chi connectivity index (χ4n) is 9.83. The van der Waals surface area contributed by atoms with E-state index in [0.717, 1.165) is 59.6 Å². The number of nitrogens with zero attached hydrogens (tertiary/aromatic N) is 2. The Morgan fingerprint density at radius 2 is 1.42 bits per heavy atom. The summed E-state index contributed by atoms with van der Waals surface area (Å²) in [6, 6.07) is 21.7. The molecule has 0 heterocycles. The average molecular weight is 737 g/mol. The van der Waals surface area contributed by atoms with E-state index in [0.29, 0.717) is 21.3 Å². The number of carbonyl (C=O) groups is 2. The van der Waals surface area contributed by atoms with Gasteiger partial charge in [-0.1, -0.05) is 84.6 Å². The molecule has 266 valence electrons. The first-order valence-electron chi connectivity index (χ1n) is 18.1. The number of hydrogen-bond acceptors (Lipinski definition) is 4. The van der Waals surface area contributed by atoms with Crippen molar-refractivity contribution in [2.45, 2.75) is 94.7 Å². The van der Waals surface area contributed by atoms with Crippen LogP contribution in [0.5, 0.6) is 0 Å². The third kappa shape index (κ3) is 7.58. The van der Waals surface area contributed by atoms with Gasteiger partial charge in [-0.3, -0.25) is 13.9 Å². The molecule has 0 aliphatic heterocycles. The molecule has 3 aromatic rings. The van der Waals surface area contributed by atoms with Crippen LogP contribution in [-0.4, -0.2) is 50.0 Å². The maximum atomic E-state index is 14.6. The summed E-state index contributed by atoms with van der Waals surface area (Å²) >= 11 is 13.3. The van der Waals surface area contributed by atoms with Gasteiger partial charge in [0.1, 0.15) is 12.6 Å². The lowest BCUT2D eigenvalue weighted by molar-refractivity contribution is -0.140. The second kappa shape index (κ2) is 14.5. The molecule has 1 atom stereocenters. The molecule has 10 heteroatoms. The number of amides is 2. The van der Waals surface area contributed by atoms with E-state index in [9.17, 15) is 18.0 Å². The molecule has 50 heavy (non-hydrogen) atoms. The molecule has 8 rings (SSSR count). The van der Waals surface area contributed by atoms with Gasteiger partial charge >= 0.3 is 0 Å². The summed E-state index contributed by atoms with van der Waals surface area (Å²) in [6.45, 7) is -0.533. The van der Waals surface area contributed by atoms with Gasteiger partial charge in [0.05, 0.1) is 11.9 Å². The average Bonchev–Trinajstić information content (AvgIpc) is 3.59. The molecule has 0 spiro atoms. The highest BCUT2D eigenvalue weighted by Gasteiger charge is 2.51. The standard InChI is InChI=1S/C40H47Cl2N3O4S/c1-50(48,49)45(33-16-14-31(15-17-33)40-22-28-18-29(23-40)20-30(19-28)24-40)26-38(46)44(25-34-35(41)12-7-13-36(34)42)37(21-27-8-3-2-4-9-27)39(47)43-32-10-5-6-11-32/h2-4,7-9,12-17,28-30,32,37H,5-6,10-11,18-26H2,1H3,(H,43,47). The second-order valence-electron chi connectivity index (χ2n) is 15.4. The smallest absolute Gasteiger partial charge is 0.244 e. The predicted molar refractivity (Wildman–Crippen MR) is 200 cm³/mol. The van der Waals surface area contributed by atoms with Gasteiger partial charge in [0.15, 0.2) is 0 Å². The van der Waals surface area contributed by atoms with E-state index in [-0.39, 0.29) is 30.3 Å². The van der Waals surface area contributed by atoms with E-state index < -0.39 is 28.5 Å². The molecule has 0 radical (unpaired) electrons. The molecule has 4 bridgehead atoms. The first-order valence-corrected chi connectivity index (χ1v) is 20.7. The van der Waals surface area contributed by atoms with Crippen molar-refractivity contribution in [2.24, 2.45) is 17.8 Å². The second-order valence-corrected chi connectivity index (χ2v) is 18.2. The molecule has 5 aliphatic carbocycles. The SMILES string of the molecule is CS(=O)(=O)N(CC(=O)N(Cc1c(Cl)cccc1Cl)C(Cc1ccccc1)C(=O)NC1CCCC1)c1ccc(C23CC4CC(CC(C4)C2)C3)cc1. The Morgan fingerprint density at radius 3 is 1.98 bits per heavy atom. The molecule has 0 aromatic heterocycles. The normalized spacial score (nSPS) is 25.0. The minimum absolute atomic E-state index is 0.0293. The third-order valence-corrected chi connectivity index (χ3v) is 13.7. The van der Waals surface area contributed by atoms with E-state index in [1.165, 1.54) is 49.0 Å². The zero-order valence-electron chi connectivity index (χ0n) is 28.7. The summed E-state index contributed by atoms with van der Waals surface area (Å²) in [7, 11) is -3.88. The van der Waals surface area contributed by atoms with Crippen LogP contribution in [0.1, 0.15) is 80.9 Å². The molecule has 5 fully saturated rings. The van der Waals surface area contributed by atoms with Gasteiger partial charge in [0, 0.05) is 34.6 Å². The van der Waals surface area contributed by atoms with Crippen LogP contribution < -0.4 is 9.62 Å². The molecule has 1 N–H and O–H groups in total. The quantitative estimate of drug-likeness (QED) is 0.205. The Labute approximate surface area is 306 Å². The molecule has 3 aromatic carbocycles. The van der Waals surface area contributed by atoms with Gasteiger partial charge < -0.3 is 10.2 Å². The summed E-state index contributed by atoms with van der Waals surface area (Å²) in [5, 5.41) is 3.93. The van der Waals surface area contributed by atoms with E-state index >= 15 is 0 Å². The van der Waals surface area contributed by atoms with Gasteiger partial charge in [-0.15, -0.1) is 0 Å². The molecule has 1 unspecified atom stereocenters. The minimum Gasteiger partial charge on any atom is -0.352 e. The van der Waals surface area contributed by atoms with Crippen molar-refractivity contribution < 1.29 is 18.0 Å². The number of sulfonamides is 1. The number of halogens is 2. The number of carbonyl (C=O) groups excluding carboxylic acids is 2. The fraction of sp³-hybridized carbons (Fsp3) is 0.500. The molecule has 7 nitrogen and oxygen atoms in total. The first-order chi connectivity index (χ1) is 24.0. The van der Waals surface area contributed by atoms with Crippen molar-refractivity contribution in [1.29, 1.82) is 0 Å². The van der Waals surface area contributed by atoms with Crippen LogP contribution in [-0.2, 0) is 38.0 Å². The zero-order valence-corrected chi connectivity index (χ0v) is 31.0. The Morgan fingerprint density at radius 1 is 0.840 bits per heavy atom. The lowest BCUT2D eigenvalue weighted by Crippen LogP contribution is -2.54. The van der Waals surface area contributed by atoms with Crippen molar-refractivity contribution in [3.63, 3.8) is 0 Å². The van der Waals surface area contributed by atoms with Gasteiger partial charge in [-0.05, 0) is 110 Å². The summed E-state index contributed by atoms with van der Waals surface area (Å²) in [5.41, 5.74) is 3.26. The molecule has 5 saturated carbocycles. The van der Waals surface area contributed by atoms with Gasteiger partial charge in [-0.2, -0.15) is 0 Å². The summed E-state index contributed by atoms with van der Waals surface area (Å²) < 4.78 is 28.0. The minimum atomic E-state index is -3.88. The number of nitrogens with one attached hydrogen (secondary N) is 1. The Balaban J connectivity index is 1.20. The topological polar surface area (TPSA) is 86.8 Å². The number of anilines is 1. The van der Waals surface area contributed by atoms with Crippen molar-refractivity contribution >= 4 is 50.7 Å². The molecule has 0 saturated heterocycles. The van der Waals surface area contributed by atoms with E-state index in [4.69, 9.17) is 23.2 Å². The van der Waals surface area contributed by atoms with Crippen LogP contribution in [0.3, 0.4) is 0 Å². The van der Waals surface area contributed by atoms with Crippen LogP contribution in [0.2, 0.25) is 10.0 Å². The Hall–Kier alpha value is -3.07. The Kier molecular flexibility index (Phi) is 10.3. The van der Waals surface area contributed by atoms with Crippen LogP contribution in [0.25, 0.3) is 0 Å². The van der Waals surface area contributed by atoms with Crippen molar-refractivity contribution in [1.82, 2.24) is 10.2 Å². The zero-order chi connectivity index (χ0) is 35.0. The highest BCUT2D eigenvalue weighted by molar-refractivity contribution is 7.92. The summed E-state index contributed by atoms with van der Waals surface area (Å²) in [4.78, 5) is 30.2. The molecular weight excluding hydrogens is 689 g/mol. The van der Waals surface area contributed by atoms with Crippen LogP contribution in [0, 0.1) is 17.8 Å². The number of hydrogen-bond donors (Lipinski definition) is 1. The lowest BCUT2D eigenvalue weighted by Gasteiger charge is -2.57. The fourth-order valence-corrected chi connectivity index (χ4v) is 11.2. The third-order valence-electron chi connectivity index (χ3n) is 11.8. The Bertz CT molecular complexity index is 1760. The highest BCUT2D eigenvalue weighted by Crippen LogP contribution is 2.60. The maximum absolute atomic E-state index is 14.6. The van der Waals surface area contributed by atoms with Gasteiger partial charge in [0.25, 0.3) is 0 Å². The predicted octanol–water partition coefficient (Wildman–Crippen LogP) is 7.93. The molecule has 5 aliphatic rings. The monoisotopic (exact) mass is 735 g/mol. The first kappa shape index (κ1) is 35.3. The highest BCUT2D eigenvalue weighted by atomic mass is 35.5. The summed E-state index contributed by atoms with van der Waals surface area (Å²) in [5.74, 6) is 1.58. The van der Waals surface area contributed by atoms with E-state index in [1.807, 2.05) is 42.5 Å². The molecule has 2 amide bonds. The van der Waals surface area contributed by atoms with Crippen molar-refractivity contribution in [3.8, 4) is 0 Å². The maximum Gasteiger partial charge on any atom is 0.244 e. The number of rotatable bonds is 12. The van der Waals surface area contributed by atoms with Crippen LogP contribution in [0.15, 0.2) is 72.8 Å². The van der Waals surface area contributed by atoms with Crippen molar-refractivity contribution in [2.75, 3.05) is 17.1 Å². The van der Waals surface area contributed by atoms with Gasteiger partial charge in [0.2, 0.25) is 21.8 Å². The summed E-state index contributed by atoms with van der Waals surface area (Å²) in [6.07, 6.45) is 12.9. The van der Waals surface area contributed by atoms with Crippen molar-refractivity contribution in [3.05, 3.63) is 99.5 Å².